The van der Waals surface area contributed by atoms with E-state index in [-0.39, 0.29) is 17.1 Å². The van der Waals surface area contributed by atoms with Crippen LogP contribution in [0, 0.1) is 46.8 Å². The fraction of sp³-hybridized carbons (Fsp3) is 0.667. The Balaban J connectivity index is 1.50. The molecule has 0 aromatic heterocycles. The fourth-order valence-electron chi connectivity index (χ4n) is 8.06. The lowest BCUT2D eigenvalue weighted by molar-refractivity contribution is -0.124. The third-order valence-corrected chi connectivity index (χ3v) is 9.22. The van der Waals surface area contributed by atoms with Crippen molar-refractivity contribution >= 4 is 11.9 Å². The molecule has 0 aliphatic heterocycles. The van der Waals surface area contributed by atoms with Gasteiger partial charge in [-0.25, -0.2) is 4.79 Å². The van der Waals surface area contributed by atoms with Crippen molar-refractivity contribution in [2.75, 3.05) is 0 Å². The second-order valence-electron chi connectivity index (χ2n) is 10.2. The molecule has 0 radical (unpaired) electrons. The topological polar surface area (TPSA) is 83.8 Å². The number of hydrogen-bond acceptors (Lipinski definition) is 4. The molecule has 0 bridgehead atoms. The van der Waals surface area contributed by atoms with E-state index in [1.165, 1.54) is 5.57 Å². The highest BCUT2D eigenvalue weighted by molar-refractivity contribution is 5.91. The first-order valence-electron chi connectivity index (χ1n) is 11.0. The molecule has 0 aromatic rings. The summed E-state index contributed by atoms with van der Waals surface area (Å²) in [6.07, 6.45) is 10.9. The first-order valence-corrected chi connectivity index (χ1v) is 11.0. The molecule has 5 aliphatic carbocycles. The Labute approximate surface area is 171 Å². The average molecular weight is 398 g/mol. The molecule has 0 heterocycles. The van der Waals surface area contributed by atoms with Crippen molar-refractivity contribution in [2.45, 2.75) is 51.0 Å². The quantitative estimate of drug-likeness (QED) is 0.420. The van der Waals surface area contributed by atoms with Gasteiger partial charge in [0.1, 0.15) is 0 Å². The minimum absolute atomic E-state index is 0.181. The van der Waals surface area contributed by atoms with E-state index in [0.717, 1.165) is 38.4 Å². The maximum Gasteiger partial charge on any atom is 0.510 e. The van der Waals surface area contributed by atoms with Crippen LogP contribution in [0.25, 0.3) is 0 Å². The van der Waals surface area contributed by atoms with Gasteiger partial charge < -0.3 is 14.9 Å². The van der Waals surface area contributed by atoms with E-state index in [4.69, 9.17) is 5.11 Å². The molecule has 2 N–H and O–H groups in total. The van der Waals surface area contributed by atoms with Crippen LogP contribution in [-0.4, -0.2) is 27.8 Å². The maximum absolute atomic E-state index is 12.0. The van der Waals surface area contributed by atoms with Crippen LogP contribution < -0.4 is 0 Å². The summed E-state index contributed by atoms with van der Waals surface area (Å²) >= 11 is 0. The number of carbonyl (C=O) groups excluding carboxylic acids is 1. The second-order valence-corrected chi connectivity index (χ2v) is 10.2. The van der Waals surface area contributed by atoms with Crippen molar-refractivity contribution in [3.63, 3.8) is 0 Å². The van der Waals surface area contributed by atoms with Gasteiger partial charge in [-0.05, 0) is 85.7 Å². The van der Waals surface area contributed by atoms with Crippen LogP contribution in [-0.2, 0) is 9.53 Å². The normalized spacial score (nSPS) is 50.1. The van der Waals surface area contributed by atoms with Crippen molar-refractivity contribution in [2.24, 2.45) is 46.8 Å². The van der Waals surface area contributed by atoms with Gasteiger partial charge in [0, 0.05) is 11.8 Å². The van der Waals surface area contributed by atoms with E-state index in [9.17, 15) is 14.7 Å². The number of aliphatic hydroxyl groups is 1. The van der Waals surface area contributed by atoms with E-state index >= 15 is 0 Å². The lowest BCUT2D eigenvalue weighted by Crippen LogP contribution is -2.56. The molecule has 4 saturated carbocycles. The molecule has 5 aliphatic rings. The summed E-state index contributed by atoms with van der Waals surface area (Å²) < 4.78 is 4.61. The van der Waals surface area contributed by atoms with Crippen LogP contribution in [0.1, 0.15) is 45.4 Å². The zero-order chi connectivity index (χ0) is 20.6. The highest BCUT2D eigenvalue weighted by Crippen LogP contribution is 2.76. The lowest BCUT2D eigenvalue weighted by Gasteiger charge is -2.58. The Morgan fingerprint density at radius 1 is 1.34 bits per heavy atom. The van der Waals surface area contributed by atoms with Gasteiger partial charge in [0.15, 0.2) is 5.78 Å². The van der Waals surface area contributed by atoms with E-state index in [1.807, 2.05) is 6.08 Å². The smallest absolute Gasteiger partial charge is 0.449 e. The zero-order valence-corrected chi connectivity index (χ0v) is 16.9. The van der Waals surface area contributed by atoms with Gasteiger partial charge in [0.25, 0.3) is 0 Å². The minimum atomic E-state index is -1.36. The maximum atomic E-state index is 12.0. The summed E-state index contributed by atoms with van der Waals surface area (Å²) in [4.78, 5) is 22.8. The molecule has 0 spiro atoms. The van der Waals surface area contributed by atoms with Crippen LogP contribution in [0.5, 0.6) is 0 Å². The standard InChI is InChI=1S/C24H30O5/c1-3-13-10-14-11-15(25)4-5-16(14)17-6-7-23(2)21(20(13)17)18-12-19(18)24(23,28)8-9-29-22(26)27/h3,8-9,11,13,16-21,28H,1,4-7,10,12H2,2H3,(H,26,27)/b9-8-/t13-,16+,17-,18-,19+,20-,21+,23+,24+/m1/s1. The van der Waals surface area contributed by atoms with E-state index in [1.54, 1.807) is 6.08 Å². The van der Waals surface area contributed by atoms with Gasteiger partial charge in [-0.3, -0.25) is 4.79 Å². The molecular weight excluding hydrogens is 368 g/mol. The van der Waals surface area contributed by atoms with Crippen molar-refractivity contribution in [1.82, 2.24) is 0 Å². The van der Waals surface area contributed by atoms with Crippen molar-refractivity contribution in [3.8, 4) is 0 Å². The third kappa shape index (κ3) is 2.56. The summed E-state index contributed by atoms with van der Waals surface area (Å²) in [6, 6.07) is 0. The molecule has 5 nitrogen and oxygen atoms in total. The first-order chi connectivity index (χ1) is 13.8. The molecule has 156 valence electrons. The Bertz CT molecular complexity index is 827. The van der Waals surface area contributed by atoms with Crippen LogP contribution in [0.2, 0.25) is 0 Å². The largest absolute Gasteiger partial charge is 0.510 e. The number of carbonyl (C=O) groups is 2. The minimum Gasteiger partial charge on any atom is -0.449 e. The summed E-state index contributed by atoms with van der Waals surface area (Å²) in [5.41, 5.74) is 0.0200. The average Bonchev–Trinajstić information content (AvgIpc) is 3.43. The first kappa shape index (κ1) is 19.1. The molecule has 29 heavy (non-hydrogen) atoms. The number of hydrogen-bond donors (Lipinski definition) is 2. The molecule has 0 amide bonds. The van der Waals surface area contributed by atoms with Crippen LogP contribution in [0.3, 0.4) is 0 Å². The van der Waals surface area contributed by atoms with Crippen molar-refractivity contribution in [3.05, 3.63) is 36.6 Å². The Morgan fingerprint density at radius 3 is 2.86 bits per heavy atom. The number of rotatable bonds is 3. The monoisotopic (exact) mass is 398 g/mol. The van der Waals surface area contributed by atoms with E-state index in [0.29, 0.717) is 41.9 Å². The second kappa shape index (κ2) is 6.31. The van der Waals surface area contributed by atoms with Crippen molar-refractivity contribution in [1.29, 1.82) is 0 Å². The van der Waals surface area contributed by atoms with Crippen LogP contribution in [0.4, 0.5) is 4.79 Å². The molecule has 0 saturated heterocycles. The van der Waals surface area contributed by atoms with Gasteiger partial charge in [0.2, 0.25) is 0 Å². The number of allylic oxidation sites excluding steroid dienone is 2. The van der Waals surface area contributed by atoms with Crippen LogP contribution >= 0.6 is 0 Å². The van der Waals surface area contributed by atoms with E-state index < -0.39 is 11.8 Å². The summed E-state index contributed by atoms with van der Waals surface area (Å²) in [5, 5.41) is 20.5. The van der Waals surface area contributed by atoms with Gasteiger partial charge in [-0.15, -0.1) is 6.58 Å². The van der Waals surface area contributed by atoms with Crippen molar-refractivity contribution < 1.29 is 24.5 Å². The van der Waals surface area contributed by atoms with E-state index in [2.05, 4.69) is 24.3 Å². The molecule has 9 atom stereocenters. The summed E-state index contributed by atoms with van der Waals surface area (Å²) in [5.74, 6) is 3.17. The lowest BCUT2D eigenvalue weighted by atomic mass is 9.47. The molecule has 5 rings (SSSR count). The summed E-state index contributed by atoms with van der Waals surface area (Å²) in [6.45, 7) is 6.33. The Hall–Kier alpha value is -1.88. The van der Waals surface area contributed by atoms with Gasteiger partial charge in [0.05, 0.1) is 11.9 Å². The Morgan fingerprint density at radius 2 is 2.14 bits per heavy atom. The molecule has 4 fully saturated rings. The number of fused-ring (bicyclic) bond motifs is 7. The zero-order valence-electron chi connectivity index (χ0n) is 16.9. The number of ether oxygens (including phenoxy) is 1. The highest BCUT2D eigenvalue weighted by atomic mass is 16.7. The molecule has 0 aromatic carbocycles. The number of ketones is 1. The van der Waals surface area contributed by atoms with Gasteiger partial charge in [-0.1, -0.05) is 18.6 Å². The number of carboxylic acid groups (broad SMARTS) is 1. The highest BCUT2D eigenvalue weighted by Gasteiger charge is 2.75. The summed E-state index contributed by atoms with van der Waals surface area (Å²) in [7, 11) is 0. The predicted molar refractivity (Wildman–Crippen MR) is 107 cm³/mol. The molecular formula is C24H30O5. The SMILES string of the molecule is C=C[C@@H]1CC2=CC(=O)CC[C@@H]2[C@H]2CC[C@@]3(C)[C@@H]([C@@H]4C[C@@H]4[C@@]3(O)/C=C\OC(=O)O)[C@@H]21. The molecule has 5 heteroatoms. The predicted octanol–water partition coefficient (Wildman–Crippen LogP) is 4.34. The molecule has 0 unspecified atom stereocenters. The van der Waals surface area contributed by atoms with Gasteiger partial charge >= 0.3 is 6.16 Å². The Kier molecular flexibility index (Phi) is 4.16. The van der Waals surface area contributed by atoms with Crippen LogP contribution in [0.15, 0.2) is 36.6 Å². The fourth-order valence-corrected chi connectivity index (χ4v) is 8.06. The van der Waals surface area contributed by atoms with Gasteiger partial charge in [-0.2, -0.15) is 0 Å². The third-order valence-electron chi connectivity index (χ3n) is 9.22.